The van der Waals surface area contributed by atoms with Crippen LogP contribution in [-0.2, 0) is 20.0 Å². The largest absolute Gasteiger partial charge is 0.366 e. The van der Waals surface area contributed by atoms with E-state index in [9.17, 15) is 4.79 Å². The zero-order chi connectivity index (χ0) is 13.1. The molecule has 0 aliphatic carbocycles. The summed E-state index contributed by atoms with van der Waals surface area (Å²) in [6.45, 7) is 4.45. The molecule has 6 heteroatoms. The molecule has 6 nitrogen and oxygen atoms in total. The van der Waals surface area contributed by atoms with Crippen LogP contribution in [0.1, 0.15) is 24.0 Å². The lowest BCUT2D eigenvalue weighted by Crippen LogP contribution is -2.12. The second-order valence-electron chi connectivity index (χ2n) is 4.20. The molecule has 18 heavy (non-hydrogen) atoms. The van der Waals surface area contributed by atoms with Gasteiger partial charge in [0.05, 0.1) is 5.69 Å². The van der Waals surface area contributed by atoms with E-state index in [1.807, 2.05) is 13.2 Å². The van der Waals surface area contributed by atoms with E-state index in [1.165, 1.54) is 6.07 Å². The Morgan fingerprint density at radius 3 is 2.94 bits per heavy atom. The van der Waals surface area contributed by atoms with Crippen molar-refractivity contribution in [2.45, 2.75) is 26.8 Å². The second kappa shape index (κ2) is 5.03. The van der Waals surface area contributed by atoms with Crippen molar-refractivity contribution >= 4 is 5.82 Å². The molecule has 0 saturated heterocycles. The van der Waals surface area contributed by atoms with Crippen LogP contribution in [0.25, 0.3) is 0 Å². The average molecular weight is 247 g/mol. The number of anilines is 1. The maximum absolute atomic E-state index is 11.3. The lowest BCUT2D eigenvalue weighted by atomic mass is 10.2. The third kappa shape index (κ3) is 2.77. The number of aromatic amines is 1. The van der Waals surface area contributed by atoms with Crippen LogP contribution in [0.4, 0.5) is 5.82 Å². The van der Waals surface area contributed by atoms with E-state index in [4.69, 9.17) is 0 Å². The zero-order valence-corrected chi connectivity index (χ0v) is 10.8. The molecule has 0 radical (unpaired) electrons. The molecule has 2 aromatic heterocycles. The minimum Gasteiger partial charge on any atom is -0.366 e. The van der Waals surface area contributed by atoms with E-state index in [2.05, 4.69) is 27.3 Å². The standard InChI is InChI=1S/C12H17N5O/c1-4-10-9(7-17(3)16-10)6-13-11-5-12(18)15-8(2)14-11/h5,7H,4,6H2,1-3H3,(H2,13,14,15,18). The Bertz CT molecular complexity index is 599. The van der Waals surface area contributed by atoms with Crippen LogP contribution in [0.5, 0.6) is 0 Å². The van der Waals surface area contributed by atoms with Crippen LogP contribution >= 0.6 is 0 Å². The number of nitrogens with one attached hydrogen (secondary N) is 2. The summed E-state index contributed by atoms with van der Waals surface area (Å²) in [5.74, 6) is 1.19. The zero-order valence-electron chi connectivity index (χ0n) is 10.8. The molecule has 0 amide bonds. The van der Waals surface area contributed by atoms with E-state index < -0.39 is 0 Å². The number of nitrogens with zero attached hydrogens (tertiary/aromatic N) is 3. The average Bonchev–Trinajstić information content (AvgIpc) is 2.66. The van der Waals surface area contributed by atoms with Gasteiger partial charge in [-0.15, -0.1) is 0 Å². The fraction of sp³-hybridized carbons (Fsp3) is 0.417. The van der Waals surface area contributed by atoms with Crippen LogP contribution in [0.15, 0.2) is 17.1 Å². The first kappa shape index (κ1) is 12.3. The SMILES string of the molecule is CCc1nn(C)cc1CNc1cc(=O)[nH]c(C)n1. The number of aryl methyl sites for hydroxylation is 3. The highest BCUT2D eigenvalue weighted by atomic mass is 16.1. The van der Waals surface area contributed by atoms with Crippen LogP contribution in [0.3, 0.4) is 0 Å². The summed E-state index contributed by atoms with van der Waals surface area (Å²) in [7, 11) is 1.90. The predicted octanol–water partition coefficient (Wildman–Crippen LogP) is 0.986. The van der Waals surface area contributed by atoms with E-state index in [1.54, 1.807) is 11.6 Å². The van der Waals surface area contributed by atoms with Gasteiger partial charge in [-0.1, -0.05) is 6.92 Å². The minimum absolute atomic E-state index is 0.146. The monoisotopic (exact) mass is 247 g/mol. The van der Waals surface area contributed by atoms with Gasteiger partial charge in [-0.25, -0.2) is 4.98 Å². The van der Waals surface area contributed by atoms with Gasteiger partial charge in [-0.05, 0) is 13.3 Å². The van der Waals surface area contributed by atoms with Crippen molar-refractivity contribution in [3.63, 3.8) is 0 Å². The number of hydrogen-bond donors (Lipinski definition) is 2. The maximum Gasteiger partial charge on any atom is 0.252 e. The first-order chi connectivity index (χ1) is 8.58. The summed E-state index contributed by atoms with van der Waals surface area (Å²) in [4.78, 5) is 18.1. The van der Waals surface area contributed by atoms with Crippen molar-refractivity contribution in [1.82, 2.24) is 19.7 Å². The fourth-order valence-corrected chi connectivity index (χ4v) is 1.88. The maximum atomic E-state index is 11.3. The Morgan fingerprint density at radius 1 is 1.50 bits per heavy atom. The first-order valence-electron chi connectivity index (χ1n) is 5.91. The molecular weight excluding hydrogens is 230 g/mol. The molecule has 0 saturated carbocycles. The van der Waals surface area contributed by atoms with Crippen molar-refractivity contribution in [3.8, 4) is 0 Å². The van der Waals surface area contributed by atoms with Gasteiger partial charge in [0, 0.05) is 31.4 Å². The summed E-state index contributed by atoms with van der Waals surface area (Å²) in [6, 6.07) is 1.45. The molecule has 2 heterocycles. The minimum atomic E-state index is -0.146. The molecule has 0 aromatic carbocycles. The van der Waals surface area contributed by atoms with Crippen molar-refractivity contribution in [3.05, 3.63) is 39.7 Å². The van der Waals surface area contributed by atoms with Gasteiger partial charge in [0.15, 0.2) is 0 Å². The molecule has 2 N–H and O–H groups in total. The summed E-state index contributed by atoms with van der Waals surface area (Å²) in [5.41, 5.74) is 2.04. The van der Waals surface area contributed by atoms with Crippen LogP contribution in [0, 0.1) is 6.92 Å². The summed E-state index contributed by atoms with van der Waals surface area (Å²) in [6.07, 6.45) is 2.87. The second-order valence-corrected chi connectivity index (χ2v) is 4.20. The van der Waals surface area contributed by atoms with Crippen molar-refractivity contribution in [2.24, 2.45) is 7.05 Å². The van der Waals surface area contributed by atoms with Crippen LogP contribution < -0.4 is 10.9 Å². The van der Waals surface area contributed by atoms with Gasteiger partial charge in [0.1, 0.15) is 11.6 Å². The van der Waals surface area contributed by atoms with Gasteiger partial charge >= 0.3 is 0 Å². The molecule has 2 aromatic rings. The van der Waals surface area contributed by atoms with E-state index in [-0.39, 0.29) is 5.56 Å². The summed E-state index contributed by atoms with van der Waals surface area (Å²) < 4.78 is 1.80. The Labute approximate surface area is 105 Å². The van der Waals surface area contributed by atoms with Gasteiger partial charge < -0.3 is 10.3 Å². The summed E-state index contributed by atoms with van der Waals surface area (Å²) in [5, 5.41) is 7.51. The Morgan fingerprint density at radius 2 is 2.28 bits per heavy atom. The molecular formula is C12H17N5O. The van der Waals surface area contributed by atoms with Crippen molar-refractivity contribution in [1.29, 1.82) is 0 Å². The number of aromatic nitrogens is 4. The first-order valence-corrected chi connectivity index (χ1v) is 5.91. The Kier molecular flexibility index (Phi) is 3.45. The normalized spacial score (nSPS) is 10.6. The fourth-order valence-electron chi connectivity index (χ4n) is 1.88. The summed E-state index contributed by atoms with van der Waals surface area (Å²) >= 11 is 0. The van der Waals surface area contributed by atoms with E-state index >= 15 is 0 Å². The highest BCUT2D eigenvalue weighted by Crippen LogP contribution is 2.09. The van der Waals surface area contributed by atoms with E-state index in [0.717, 1.165) is 17.7 Å². The molecule has 0 atom stereocenters. The predicted molar refractivity (Wildman–Crippen MR) is 69.5 cm³/mol. The van der Waals surface area contributed by atoms with Crippen molar-refractivity contribution < 1.29 is 0 Å². The molecule has 0 aliphatic rings. The smallest absolute Gasteiger partial charge is 0.252 e. The lowest BCUT2D eigenvalue weighted by molar-refractivity contribution is 0.746. The third-order valence-electron chi connectivity index (χ3n) is 2.65. The highest BCUT2D eigenvalue weighted by Gasteiger charge is 2.06. The van der Waals surface area contributed by atoms with Gasteiger partial charge in [0.2, 0.25) is 0 Å². The van der Waals surface area contributed by atoms with Gasteiger partial charge in [0.25, 0.3) is 5.56 Å². The molecule has 2 rings (SSSR count). The molecule has 96 valence electrons. The molecule has 0 aliphatic heterocycles. The highest BCUT2D eigenvalue weighted by molar-refractivity contribution is 5.34. The van der Waals surface area contributed by atoms with Crippen LogP contribution in [-0.4, -0.2) is 19.7 Å². The van der Waals surface area contributed by atoms with Gasteiger partial charge in [-0.2, -0.15) is 5.10 Å². The lowest BCUT2D eigenvalue weighted by Gasteiger charge is -2.05. The Hall–Kier alpha value is -2.11. The molecule has 0 bridgehead atoms. The number of rotatable bonds is 4. The number of H-pyrrole nitrogens is 1. The molecule has 0 unspecified atom stereocenters. The van der Waals surface area contributed by atoms with E-state index in [0.29, 0.717) is 18.2 Å². The third-order valence-corrected chi connectivity index (χ3v) is 2.65. The topological polar surface area (TPSA) is 75.6 Å². The molecule has 0 spiro atoms. The number of hydrogen-bond acceptors (Lipinski definition) is 4. The van der Waals surface area contributed by atoms with Crippen LogP contribution in [0.2, 0.25) is 0 Å². The quantitative estimate of drug-likeness (QED) is 0.844. The Balaban J connectivity index is 2.13. The van der Waals surface area contributed by atoms with Gasteiger partial charge in [-0.3, -0.25) is 9.48 Å². The molecule has 0 fully saturated rings. The van der Waals surface area contributed by atoms with Crippen molar-refractivity contribution in [2.75, 3.05) is 5.32 Å².